The van der Waals surface area contributed by atoms with Gasteiger partial charge in [0.05, 0.1) is 11.8 Å². The van der Waals surface area contributed by atoms with Gasteiger partial charge in [0.2, 0.25) is 0 Å². The number of nitrogens with zero attached hydrogens (tertiary/aromatic N) is 1. The lowest BCUT2D eigenvalue weighted by molar-refractivity contribution is 0.0954. The standard InChI is InChI=1S/C20H16BrClN2O3/c1-13-5-4-8-18(22)16(13)12-26-19-10-9-14(27-19)11-23-24-20(25)15-6-2-3-7-17(15)21/h2-11H,12H2,1H3,(H,24,25)/b23-11+. The van der Waals surface area contributed by atoms with Crippen LogP contribution < -0.4 is 10.2 Å². The Hall–Kier alpha value is -2.57. The summed E-state index contributed by atoms with van der Waals surface area (Å²) in [4.78, 5) is 12.1. The van der Waals surface area contributed by atoms with E-state index in [1.54, 1.807) is 30.3 Å². The van der Waals surface area contributed by atoms with E-state index in [-0.39, 0.29) is 5.91 Å². The Morgan fingerprint density at radius 1 is 1.22 bits per heavy atom. The molecule has 0 aliphatic carbocycles. The number of halogens is 2. The summed E-state index contributed by atoms with van der Waals surface area (Å²) < 4.78 is 11.9. The topological polar surface area (TPSA) is 63.8 Å². The van der Waals surface area contributed by atoms with E-state index in [4.69, 9.17) is 20.8 Å². The van der Waals surface area contributed by atoms with E-state index in [2.05, 4.69) is 26.5 Å². The predicted octanol–water partition coefficient (Wildman–Crippen LogP) is 5.35. The van der Waals surface area contributed by atoms with E-state index in [0.717, 1.165) is 11.1 Å². The Bertz CT molecular complexity index is 965. The molecule has 0 atom stereocenters. The minimum absolute atomic E-state index is 0.300. The minimum Gasteiger partial charge on any atom is -0.460 e. The third-order valence-electron chi connectivity index (χ3n) is 3.79. The zero-order valence-corrected chi connectivity index (χ0v) is 16.8. The van der Waals surface area contributed by atoms with Gasteiger partial charge in [-0.3, -0.25) is 4.79 Å². The molecule has 1 amide bonds. The van der Waals surface area contributed by atoms with Gasteiger partial charge in [-0.1, -0.05) is 35.9 Å². The van der Waals surface area contributed by atoms with Crippen LogP contribution in [0, 0.1) is 6.92 Å². The number of carbonyl (C=O) groups excluding carboxylic acids is 1. The lowest BCUT2D eigenvalue weighted by atomic mass is 10.1. The monoisotopic (exact) mass is 446 g/mol. The normalized spacial score (nSPS) is 10.9. The second kappa shape index (κ2) is 8.88. The Balaban J connectivity index is 1.57. The number of benzene rings is 2. The summed E-state index contributed by atoms with van der Waals surface area (Å²) in [5.74, 6) is 0.470. The van der Waals surface area contributed by atoms with E-state index >= 15 is 0 Å². The van der Waals surface area contributed by atoms with Crippen molar-refractivity contribution in [2.45, 2.75) is 13.5 Å². The molecule has 0 bridgehead atoms. The number of amides is 1. The summed E-state index contributed by atoms with van der Waals surface area (Å²) >= 11 is 9.51. The maximum absolute atomic E-state index is 12.1. The number of hydrogen-bond donors (Lipinski definition) is 1. The number of ether oxygens (including phenoxy) is 1. The third-order valence-corrected chi connectivity index (χ3v) is 4.84. The number of nitrogens with one attached hydrogen (secondary N) is 1. The number of hydrogen-bond acceptors (Lipinski definition) is 4. The number of carbonyl (C=O) groups is 1. The Kier molecular flexibility index (Phi) is 6.32. The molecule has 0 saturated carbocycles. The maximum atomic E-state index is 12.1. The first kappa shape index (κ1) is 19.2. The van der Waals surface area contributed by atoms with Gasteiger partial charge in [-0.15, -0.1) is 0 Å². The van der Waals surface area contributed by atoms with E-state index < -0.39 is 0 Å². The molecule has 0 radical (unpaired) electrons. The van der Waals surface area contributed by atoms with Crippen LogP contribution in [0.25, 0.3) is 0 Å². The molecule has 0 fully saturated rings. The molecular formula is C20H16BrClN2O3. The first-order chi connectivity index (χ1) is 13.0. The van der Waals surface area contributed by atoms with Crippen molar-refractivity contribution in [3.05, 3.63) is 86.5 Å². The second-order valence-corrected chi connectivity index (χ2v) is 6.92. The highest BCUT2D eigenvalue weighted by molar-refractivity contribution is 9.10. The highest BCUT2D eigenvalue weighted by atomic mass is 79.9. The van der Waals surface area contributed by atoms with Crippen molar-refractivity contribution in [2.75, 3.05) is 0 Å². The van der Waals surface area contributed by atoms with E-state index in [0.29, 0.717) is 33.4 Å². The highest BCUT2D eigenvalue weighted by Crippen LogP contribution is 2.23. The average Bonchev–Trinajstić information content (AvgIpc) is 3.09. The molecule has 0 unspecified atom stereocenters. The van der Waals surface area contributed by atoms with Gasteiger partial charge in [-0.2, -0.15) is 5.10 Å². The lowest BCUT2D eigenvalue weighted by Crippen LogP contribution is -2.17. The second-order valence-electron chi connectivity index (χ2n) is 5.66. The molecule has 0 aliphatic heterocycles. The van der Waals surface area contributed by atoms with Crippen molar-refractivity contribution < 1.29 is 13.9 Å². The summed E-state index contributed by atoms with van der Waals surface area (Å²) in [6.45, 7) is 2.27. The zero-order valence-electron chi connectivity index (χ0n) is 14.4. The Morgan fingerprint density at radius 2 is 2.04 bits per heavy atom. The van der Waals surface area contributed by atoms with E-state index in [1.807, 2.05) is 31.2 Å². The molecule has 0 saturated heterocycles. The molecule has 2 aromatic carbocycles. The molecule has 0 aliphatic rings. The molecule has 0 spiro atoms. The van der Waals surface area contributed by atoms with E-state index in [9.17, 15) is 4.79 Å². The van der Waals surface area contributed by atoms with Crippen LogP contribution in [0.15, 0.2) is 68.6 Å². The largest absolute Gasteiger partial charge is 0.460 e. The van der Waals surface area contributed by atoms with Crippen molar-refractivity contribution in [2.24, 2.45) is 5.10 Å². The van der Waals surface area contributed by atoms with E-state index in [1.165, 1.54) is 6.21 Å². The number of hydrazone groups is 1. The highest BCUT2D eigenvalue weighted by Gasteiger charge is 2.09. The molecule has 1 aromatic heterocycles. The summed E-state index contributed by atoms with van der Waals surface area (Å²) in [6.07, 6.45) is 1.41. The summed E-state index contributed by atoms with van der Waals surface area (Å²) in [5, 5.41) is 4.55. The van der Waals surface area contributed by atoms with Gasteiger partial charge < -0.3 is 9.15 Å². The van der Waals surface area contributed by atoms with Gasteiger partial charge in [-0.25, -0.2) is 5.43 Å². The van der Waals surface area contributed by atoms with Crippen LogP contribution >= 0.6 is 27.5 Å². The molecule has 138 valence electrons. The lowest BCUT2D eigenvalue weighted by Gasteiger charge is -2.08. The Morgan fingerprint density at radius 3 is 2.81 bits per heavy atom. The van der Waals surface area contributed by atoms with Crippen molar-refractivity contribution in [3.8, 4) is 5.95 Å². The van der Waals surface area contributed by atoms with Gasteiger partial charge in [0.1, 0.15) is 6.61 Å². The van der Waals surface area contributed by atoms with Crippen molar-refractivity contribution >= 4 is 39.7 Å². The van der Waals surface area contributed by atoms with Gasteiger partial charge in [0, 0.05) is 21.1 Å². The third kappa shape index (κ3) is 4.99. The molecule has 3 rings (SSSR count). The van der Waals surface area contributed by atoms with Gasteiger partial charge in [-0.05, 0) is 52.7 Å². The van der Waals surface area contributed by atoms with Crippen molar-refractivity contribution in [1.82, 2.24) is 5.43 Å². The van der Waals surface area contributed by atoms with Crippen LogP contribution in [-0.4, -0.2) is 12.1 Å². The summed E-state index contributed by atoms with van der Waals surface area (Å²) in [6, 6.07) is 16.2. The predicted molar refractivity (Wildman–Crippen MR) is 108 cm³/mol. The van der Waals surface area contributed by atoms with Crippen LogP contribution in [0.4, 0.5) is 0 Å². The fraction of sp³-hybridized carbons (Fsp3) is 0.100. The fourth-order valence-electron chi connectivity index (χ4n) is 2.33. The maximum Gasteiger partial charge on any atom is 0.285 e. The first-order valence-electron chi connectivity index (χ1n) is 8.09. The smallest absolute Gasteiger partial charge is 0.285 e. The van der Waals surface area contributed by atoms with Gasteiger partial charge in [0.15, 0.2) is 5.76 Å². The van der Waals surface area contributed by atoms with Crippen molar-refractivity contribution in [3.63, 3.8) is 0 Å². The van der Waals surface area contributed by atoms with Crippen LogP contribution in [0.5, 0.6) is 5.95 Å². The quantitative estimate of drug-likeness (QED) is 0.409. The zero-order chi connectivity index (χ0) is 19.2. The summed E-state index contributed by atoms with van der Waals surface area (Å²) in [7, 11) is 0. The van der Waals surface area contributed by atoms with Crippen LogP contribution in [0.3, 0.4) is 0 Å². The average molecular weight is 448 g/mol. The SMILES string of the molecule is Cc1cccc(Cl)c1COc1ccc(/C=N/NC(=O)c2ccccc2Br)o1. The summed E-state index contributed by atoms with van der Waals surface area (Å²) in [5.41, 5.74) is 4.90. The van der Waals surface area contributed by atoms with Crippen molar-refractivity contribution in [1.29, 1.82) is 0 Å². The van der Waals surface area contributed by atoms with Crippen LogP contribution in [0.1, 0.15) is 27.2 Å². The van der Waals surface area contributed by atoms with Gasteiger partial charge >= 0.3 is 0 Å². The van der Waals surface area contributed by atoms with Crippen LogP contribution in [-0.2, 0) is 6.61 Å². The molecule has 7 heteroatoms. The number of aryl methyl sites for hydroxylation is 1. The molecule has 3 aromatic rings. The fourth-order valence-corrected chi connectivity index (χ4v) is 3.08. The first-order valence-corrected chi connectivity index (χ1v) is 9.26. The Labute approximate surface area is 170 Å². The molecule has 1 heterocycles. The molecular weight excluding hydrogens is 432 g/mol. The molecule has 27 heavy (non-hydrogen) atoms. The number of furan rings is 1. The van der Waals surface area contributed by atoms with Gasteiger partial charge in [0.25, 0.3) is 11.9 Å². The van der Waals surface area contributed by atoms with Crippen LogP contribution in [0.2, 0.25) is 5.02 Å². The minimum atomic E-state index is -0.323. The molecule has 5 nitrogen and oxygen atoms in total. The molecule has 1 N–H and O–H groups in total. The number of rotatable bonds is 6.